The number of primary amides is 1. The molecule has 0 radical (unpaired) electrons. The van der Waals surface area contributed by atoms with Gasteiger partial charge in [0.2, 0.25) is 5.91 Å². The average Bonchev–Trinajstić information content (AvgIpc) is 3.04. The number of hydrogen-bond donors (Lipinski definition) is 1. The maximum atomic E-state index is 14.1. The van der Waals surface area contributed by atoms with E-state index in [0.29, 0.717) is 0 Å². The van der Waals surface area contributed by atoms with Crippen LogP contribution in [0.25, 0.3) is 10.4 Å². The van der Waals surface area contributed by atoms with Crippen LogP contribution in [0.15, 0.2) is 35.7 Å². The Morgan fingerprint density at radius 3 is 2.28 bits per heavy atom. The van der Waals surface area contributed by atoms with Crippen molar-refractivity contribution in [1.82, 2.24) is 4.90 Å². The number of amides is 1. The number of carbonyl (C=O) groups is 1. The minimum absolute atomic E-state index is 0.0271. The van der Waals surface area contributed by atoms with Gasteiger partial charge in [-0.25, -0.2) is 0 Å². The number of rotatable bonds is 8. The molecule has 4 nitrogen and oxygen atoms in total. The number of benzene rings is 1. The first kappa shape index (κ1) is 22.9. The summed E-state index contributed by atoms with van der Waals surface area (Å²) in [7, 11) is 0. The molecule has 2 rings (SSSR count). The van der Waals surface area contributed by atoms with Crippen LogP contribution < -0.4 is 5.73 Å². The fourth-order valence-electron chi connectivity index (χ4n) is 3.38. The molecule has 0 saturated heterocycles. The van der Waals surface area contributed by atoms with E-state index in [1.807, 2.05) is 18.4 Å². The lowest BCUT2D eigenvalue weighted by molar-refractivity contribution is -0.192. The van der Waals surface area contributed by atoms with Crippen LogP contribution in [0.4, 0.5) is 13.2 Å². The van der Waals surface area contributed by atoms with Gasteiger partial charge < -0.3 is 5.73 Å². The molecule has 2 atom stereocenters. The van der Waals surface area contributed by atoms with Crippen LogP contribution in [0.1, 0.15) is 37.4 Å². The molecule has 0 saturated carbocycles. The topological polar surface area (TPSA) is 70.1 Å². The lowest BCUT2D eigenvalue weighted by Crippen LogP contribution is -2.51. The summed E-state index contributed by atoms with van der Waals surface area (Å²) in [4.78, 5) is 13.8. The Bertz CT molecular complexity index is 869. The maximum absolute atomic E-state index is 14.1. The molecule has 1 amide bonds. The average molecular weight is 424 g/mol. The van der Waals surface area contributed by atoms with Gasteiger partial charge in [0.15, 0.2) is 0 Å². The van der Waals surface area contributed by atoms with Crippen molar-refractivity contribution >= 4 is 17.2 Å². The highest BCUT2D eigenvalue weighted by atomic mass is 32.1. The summed E-state index contributed by atoms with van der Waals surface area (Å²) in [5.74, 6) is -0.930. The van der Waals surface area contributed by atoms with Gasteiger partial charge in [0, 0.05) is 4.88 Å². The number of aryl methyl sites for hydroxylation is 1. The molecule has 2 aromatic rings. The molecule has 0 spiro atoms. The first-order valence-electron chi connectivity index (χ1n) is 9.19. The van der Waals surface area contributed by atoms with Gasteiger partial charge in [-0.05, 0) is 47.4 Å². The molecule has 0 aliphatic rings. The molecule has 0 unspecified atom stereocenters. The van der Waals surface area contributed by atoms with Crippen molar-refractivity contribution in [1.29, 1.82) is 5.26 Å². The van der Waals surface area contributed by atoms with Crippen LogP contribution in [0.2, 0.25) is 0 Å². The molecule has 0 aliphatic heterocycles. The lowest BCUT2D eigenvalue weighted by atomic mass is 9.96. The van der Waals surface area contributed by atoms with E-state index < -0.39 is 30.7 Å². The Balaban J connectivity index is 2.49. The number of halogens is 3. The summed E-state index contributed by atoms with van der Waals surface area (Å²) in [5, 5.41) is 11.1. The molecule has 1 heterocycles. The second-order valence-electron chi connectivity index (χ2n) is 7.38. The van der Waals surface area contributed by atoms with E-state index >= 15 is 0 Å². The smallest absolute Gasteiger partial charge is 0.368 e. The minimum Gasteiger partial charge on any atom is -0.368 e. The van der Waals surface area contributed by atoms with Crippen molar-refractivity contribution in [3.05, 3.63) is 46.8 Å². The Hall–Kier alpha value is -2.37. The van der Waals surface area contributed by atoms with Crippen LogP contribution in [-0.4, -0.2) is 29.6 Å². The van der Waals surface area contributed by atoms with Crippen molar-refractivity contribution in [3.63, 3.8) is 0 Å². The molecule has 0 fully saturated rings. The third-order valence-electron chi connectivity index (χ3n) is 4.67. The Morgan fingerprint density at radius 2 is 1.86 bits per heavy atom. The summed E-state index contributed by atoms with van der Waals surface area (Å²) in [5.41, 5.74) is 7.27. The van der Waals surface area contributed by atoms with E-state index in [1.54, 1.807) is 32.0 Å². The third-order valence-corrected chi connectivity index (χ3v) is 5.73. The first-order valence-corrected chi connectivity index (χ1v) is 10.1. The number of carbonyl (C=O) groups excluding carboxylic acids is 1. The predicted molar refractivity (Wildman–Crippen MR) is 108 cm³/mol. The van der Waals surface area contributed by atoms with E-state index in [0.717, 1.165) is 20.9 Å². The van der Waals surface area contributed by atoms with Crippen molar-refractivity contribution in [2.24, 2.45) is 11.7 Å². The van der Waals surface area contributed by atoms with Crippen molar-refractivity contribution in [3.8, 4) is 16.5 Å². The molecule has 29 heavy (non-hydrogen) atoms. The third kappa shape index (κ3) is 5.58. The van der Waals surface area contributed by atoms with Crippen LogP contribution in [0.5, 0.6) is 0 Å². The van der Waals surface area contributed by atoms with E-state index in [2.05, 4.69) is 0 Å². The SMILES string of the molecule is Cc1ccsc1-c1ccc([C@H](N(CC#N)[C@@H](CC(C)C)C(N)=O)C(F)(F)F)cc1. The molecule has 0 aliphatic carbocycles. The summed E-state index contributed by atoms with van der Waals surface area (Å²) in [6.07, 6.45) is -4.54. The summed E-state index contributed by atoms with van der Waals surface area (Å²) >= 11 is 1.52. The molecular formula is C21H24F3N3OS. The van der Waals surface area contributed by atoms with Gasteiger partial charge >= 0.3 is 6.18 Å². The zero-order valence-corrected chi connectivity index (χ0v) is 17.3. The van der Waals surface area contributed by atoms with E-state index in [9.17, 15) is 18.0 Å². The molecule has 1 aromatic heterocycles. The number of nitrogens with two attached hydrogens (primary N) is 1. The van der Waals surface area contributed by atoms with Crippen molar-refractivity contribution < 1.29 is 18.0 Å². The highest BCUT2D eigenvalue weighted by Crippen LogP contribution is 2.40. The van der Waals surface area contributed by atoms with Crippen LogP contribution in [0, 0.1) is 24.2 Å². The molecular weight excluding hydrogens is 399 g/mol. The number of nitriles is 1. The fraction of sp³-hybridized carbons (Fsp3) is 0.429. The summed E-state index contributed by atoms with van der Waals surface area (Å²) < 4.78 is 42.2. The van der Waals surface area contributed by atoms with Crippen LogP contribution in [0.3, 0.4) is 0 Å². The largest absolute Gasteiger partial charge is 0.408 e. The van der Waals surface area contributed by atoms with Gasteiger partial charge in [0.05, 0.1) is 18.7 Å². The van der Waals surface area contributed by atoms with E-state index in [4.69, 9.17) is 11.0 Å². The second-order valence-corrected chi connectivity index (χ2v) is 8.29. The van der Waals surface area contributed by atoms with Gasteiger partial charge in [-0.3, -0.25) is 9.69 Å². The second kappa shape index (κ2) is 9.42. The summed E-state index contributed by atoms with van der Waals surface area (Å²) in [6.45, 7) is 4.97. The molecule has 1 aromatic carbocycles. The fourth-order valence-corrected chi connectivity index (χ4v) is 4.31. The molecule has 0 bridgehead atoms. The van der Waals surface area contributed by atoms with E-state index in [-0.39, 0.29) is 17.9 Å². The highest BCUT2D eigenvalue weighted by Gasteiger charge is 2.47. The van der Waals surface area contributed by atoms with Crippen LogP contribution >= 0.6 is 11.3 Å². The van der Waals surface area contributed by atoms with Crippen molar-refractivity contribution in [2.75, 3.05) is 6.54 Å². The molecule has 8 heteroatoms. The Morgan fingerprint density at radius 1 is 1.24 bits per heavy atom. The first-order chi connectivity index (χ1) is 13.6. The standard InChI is InChI=1S/C21H24F3N3OS/c1-13(2)12-17(20(26)28)27(10-9-25)19(21(22,23)24)16-6-4-15(5-7-16)18-14(3)8-11-29-18/h4-8,11,13,17,19H,10,12H2,1-3H3,(H2,26,28)/t17-,19-/m0/s1. The number of hydrogen-bond acceptors (Lipinski definition) is 4. The van der Waals surface area contributed by atoms with Gasteiger partial charge in [-0.2, -0.15) is 18.4 Å². The van der Waals surface area contributed by atoms with Gasteiger partial charge in [-0.1, -0.05) is 38.1 Å². The van der Waals surface area contributed by atoms with E-state index in [1.165, 1.54) is 23.5 Å². The zero-order valence-electron chi connectivity index (χ0n) is 16.5. The van der Waals surface area contributed by atoms with Gasteiger partial charge in [-0.15, -0.1) is 11.3 Å². The number of alkyl halides is 3. The highest BCUT2D eigenvalue weighted by molar-refractivity contribution is 7.13. The van der Waals surface area contributed by atoms with Gasteiger partial charge in [0.1, 0.15) is 6.04 Å². The van der Waals surface area contributed by atoms with Crippen LogP contribution in [-0.2, 0) is 4.79 Å². The minimum atomic E-state index is -4.68. The Labute approximate surface area is 172 Å². The zero-order chi connectivity index (χ0) is 21.8. The molecule has 2 N–H and O–H groups in total. The number of thiophene rings is 1. The quantitative estimate of drug-likeness (QED) is 0.604. The molecule has 156 valence electrons. The monoisotopic (exact) mass is 423 g/mol. The predicted octanol–water partition coefficient (Wildman–Crippen LogP) is 5.05. The summed E-state index contributed by atoms with van der Waals surface area (Å²) in [6, 6.07) is 6.51. The van der Waals surface area contributed by atoms with Gasteiger partial charge in [0.25, 0.3) is 0 Å². The maximum Gasteiger partial charge on any atom is 0.408 e. The Kier molecular flexibility index (Phi) is 7.44. The normalized spacial score (nSPS) is 14.0. The lowest BCUT2D eigenvalue weighted by Gasteiger charge is -2.37. The van der Waals surface area contributed by atoms with Crippen molar-refractivity contribution in [2.45, 2.75) is 45.5 Å². The number of nitrogens with zero attached hydrogens (tertiary/aromatic N) is 2.